The molecule has 6 heteroatoms. The quantitative estimate of drug-likeness (QED) is 0.928. The van der Waals surface area contributed by atoms with Crippen LogP contribution < -0.4 is 5.32 Å². The average molecular weight is 275 g/mol. The molecule has 1 aliphatic heterocycles. The molecule has 2 aromatic heterocycles. The van der Waals surface area contributed by atoms with Gasteiger partial charge in [-0.05, 0) is 19.4 Å². The van der Waals surface area contributed by atoms with Gasteiger partial charge in [0.05, 0.1) is 29.6 Å². The Morgan fingerprint density at radius 2 is 2.32 bits per heavy atom. The highest BCUT2D eigenvalue weighted by atomic mass is 32.1. The van der Waals surface area contributed by atoms with Crippen molar-refractivity contribution in [3.05, 3.63) is 34.7 Å². The second kappa shape index (κ2) is 5.63. The van der Waals surface area contributed by atoms with Crippen molar-refractivity contribution in [3.8, 4) is 0 Å². The predicted molar refractivity (Wildman–Crippen MR) is 76.1 cm³/mol. The number of likely N-dealkylation sites (tertiary alicyclic amines) is 1. The molecule has 0 saturated carbocycles. The van der Waals surface area contributed by atoms with Crippen molar-refractivity contribution in [1.29, 1.82) is 0 Å². The van der Waals surface area contributed by atoms with E-state index in [1.807, 2.05) is 25.0 Å². The summed E-state index contributed by atoms with van der Waals surface area (Å²) in [6, 6.07) is 0.378. The minimum absolute atomic E-state index is 0.378. The van der Waals surface area contributed by atoms with Gasteiger partial charge in [-0.15, -0.1) is 11.3 Å². The van der Waals surface area contributed by atoms with Gasteiger partial charge in [0.2, 0.25) is 0 Å². The Morgan fingerprint density at radius 3 is 3.11 bits per heavy atom. The van der Waals surface area contributed by atoms with Gasteiger partial charge in [-0.3, -0.25) is 14.9 Å². The molecule has 0 spiro atoms. The summed E-state index contributed by atoms with van der Waals surface area (Å²) in [6.45, 7) is 2.08. The Morgan fingerprint density at radius 1 is 1.37 bits per heavy atom. The normalized spacial score (nSPS) is 19.7. The summed E-state index contributed by atoms with van der Waals surface area (Å²) in [5, 5.41) is 3.05. The first kappa shape index (κ1) is 12.5. The number of hydrogen-bond acceptors (Lipinski definition) is 6. The van der Waals surface area contributed by atoms with E-state index in [9.17, 15) is 0 Å². The molecule has 1 saturated heterocycles. The van der Waals surface area contributed by atoms with Gasteiger partial charge >= 0.3 is 0 Å². The molecular weight excluding hydrogens is 258 g/mol. The molecule has 1 N–H and O–H groups in total. The first-order chi connectivity index (χ1) is 9.36. The summed E-state index contributed by atoms with van der Waals surface area (Å²) >= 11 is 1.71. The maximum absolute atomic E-state index is 4.63. The van der Waals surface area contributed by atoms with Gasteiger partial charge in [0.1, 0.15) is 5.82 Å². The predicted octanol–water partition coefficient (Wildman–Crippen LogP) is 2.31. The molecular formula is C13H17N5S. The minimum Gasteiger partial charge on any atom is -0.372 e. The van der Waals surface area contributed by atoms with Gasteiger partial charge in [-0.25, -0.2) is 4.98 Å². The molecule has 3 rings (SSSR count). The van der Waals surface area contributed by atoms with Gasteiger partial charge in [0.25, 0.3) is 0 Å². The van der Waals surface area contributed by atoms with E-state index in [0.29, 0.717) is 6.04 Å². The summed E-state index contributed by atoms with van der Waals surface area (Å²) in [5.41, 5.74) is 2.95. The minimum atomic E-state index is 0.378. The van der Waals surface area contributed by atoms with Gasteiger partial charge in [0, 0.05) is 24.7 Å². The molecule has 2 aromatic rings. The van der Waals surface area contributed by atoms with Crippen molar-refractivity contribution in [2.45, 2.75) is 25.4 Å². The van der Waals surface area contributed by atoms with Gasteiger partial charge in [0.15, 0.2) is 0 Å². The van der Waals surface area contributed by atoms with Crippen LogP contribution in [-0.4, -0.2) is 33.4 Å². The molecule has 0 aliphatic carbocycles. The van der Waals surface area contributed by atoms with E-state index in [-0.39, 0.29) is 0 Å². The van der Waals surface area contributed by atoms with Crippen LogP contribution in [0.5, 0.6) is 0 Å². The van der Waals surface area contributed by atoms with Crippen molar-refractivity contribution in [1.82, 2.24) is 19.9 Å². The van der Waals surface area contributed by atoms with Crippen molar-refractivity contribution < 1.29 is 0 Å². The second-order valence-electron chi connectivity index (χ2n) is 4.68. The number of rotatable bonds is 4. The molecule has 0 aromatic carbocycles. The zero-order chi connectivity index (χ0) is 13.1. The lowest BCUT2D eigenvalue weighted by molar-refractivity contribution is 0.246. The van der Waals surface area contributed by atoms with Crippen LogP contribution in [0.2, 0.25) is 0 Å². The van der Waals surface area contributed by atoms with Crippen LogP contribution in [-0.2, 0) is 6.54 Å². The van der Waals surface area contributed by atoms with E-state index in [2.05, 4.69) is 25.2 Å². The summed E-state index contributed by atoms with van der Waals surface area (Å²) in [6.07, 6.45) is 7.97. The fourth-order valence-corrected chi connectivity index (χ4v) is 3.15. The Balaban J connectivity index is 1.78. The van der Waals surface area contributed by atoms with Crippen LogP contribution in [0.1, 0.15) is 29.5 Å². The smallest absolute Gasteiger partial charge is 0.144 e. The zero-order valence-electron chi connectivity index (χ0n) is 10.9. The van der Waals surface area contributed by atoms with E-state index >= 15 is 0 Å². The standard InChI is InChI=1S/C13H17N5S/c1-14-13-7-15-6-11(17-13)12-3-2-4-18(12)8-10-5-16-9-19-10/h5-7,9,12H,2-4,8H2,1H3,(H,14,17)/t12-/m1/s1. The number of anilines is 1. The maximum Gasteiger partial charge on any atom is 0.144 e. The average Bonchev–Trinajstić information content (AvgIpc) is 3.11. The first-order valence-electron chi connectivity index (χ1n) is 6.48. The van der Waals surface area contributed by atoms with Gasteiger partial charge in [-0.2, -0.15) is 0 Å². The highest BCUT2D eigenvalue weighted by Crippen LogP contribution is 2.32. The molecule has 0 amide bonds. The summed E-state index contributed by atoms with van der Waals surface area (Å²) in [5.74, 6) is 0.835. The maximum atomic E-state index is 4.63. The summed E-state index contributed by atoms with van der Waals surface area (Å²) in [4.78, 5) is 16.8. The third-order valence-electron chi connectivity index (χ3n) is 3.46. The molecule has 0 bridgehead atoms. The van der Waals surface area contributed by atoms with E-state index in [1.54, 1.807) is 17.5 Å². The Hall–Kier alpha value is -1.53. The fourth-order valence-electron chi connectivity index (χ4n) is 2.53. The Labute approximate surface area is 116 Å². The molecule has 0 radical (unpaired) electrons. The number of aromatic nitrogens is 3. The van der Waals surface area contributed by atoms with E-state index in [1.165, 1.54) is 11.3 Å². The van der Waals surface area contributed by atoms with Crippen LogP contribution in [0.4, 0.5) is 5.82 Å². The highest BCUT2D eigenvalue weighted by Gasteiger charge is 2.27. The SMILES string of the molecule is CNc1cncc([C@H]2CCCN2Cc2cncs2)n1. The van der Waals surface area contributed by atoms with Gasteiger partial charge in [-0.1, -0.05) is 0 Å². The highest BCUT2D eigenvalue weighted by molar-refractivity contribution is 7.09. The second-order valence-corrected chi connectivity index (χ2v) is 5.65. The summed E-state index contributed by atoms with van der Waals surface area (Å²) in [7, 11) is 1.87. The number of thiazole rings is 1. The molecule has 100 valence electrons. The number of nitrogens with zero attached hydrogens (tertiary/aromatic N) is 4. The largest absolute Gasteiger partial charge is 0.372 e. The molecule has 5 nitrogen and oxygen atoms in total. The Bertz CT molecular complexity index is 528. The lowest BCUT2D eigenvalue weighted by Gasteiger charge is -2.23. The van der Waals surface area contributed by atoms with Crippen LogP contribution in [0.3, 0.4) is 0 Å². The third-order valence-corrected chi connectivity index (χ3v) is 4.22. The molecule has 0 unspecified atom stereocenters. The van der Waals surface area contributed by atoms with Crippen LogP contribution in [0, 0.1) is 0 Å². The van der Waals surface area contributed by atoms with Crippen molar-refractivity contribution in [2.24, 2.45) is 0 Å². The Kier molecular flexibility index (Phi) is 3.70. The van der Waals surface area contributed by atoms with Crippen molar-refractivity contribution in [2.75, 3.05) is 18.9 Å². The van der Waals surface area contributed by atoms with E-state index in [0.717, 1.165) is 31.0 Å². The van der Waals surface area contributed by atoms with Crippen LogP contribution in [0.25, 0.3) is 0 Å². The van der Waals surface area contributed by atoms with Crippen molar-refractivity contribution in [3.63, 3.8) is 0 Å². The molecule has 19 heavy (non-hydrogen) atoms. The monoisotopic (exact) mass is 275 g/mol. The van der Waals surface area contributed by atoms with E-state index in [4.69, 9.17) is 0 Å². The lowest BCUT2D eigenvalue weighted by atomic mass is 10.1. The summed E-state index contributed by atoms with van der Waals surface area (Å²) < 4.78 is 0. The van der Waals surface area contributed by atoms with Crippen molar-refractivity contribution >= 4 is 17.2 Å². The zero-order valence-corrected chi connectivity index (χ0v) is 11.7. The van der Waals surface area contributed by atoms with Crippen LogP contribution in [0.15, 0.2) is 24.1 Å². The number of nitrogens with one attached hydrogen (secondary N) is 1. The van der Waals surface area contributed by atoms with Gasteiger partial charge < -0.3 is 5.32 Å². The van der Waals surface area contributed by atoms with E-state index < -0.39 is 0 Å². The third kappa shape index (κ3) is 2.74. The van der Waals surface area contributed by atoms with Crippen LogP contribution >= 0.6 is 11.3 Å². The molecule has 3 heterocycles. The molecule has 1 aliphatic rings. The lowest BCUT2D eigenvalue weighted by Crippen LogP contribution is -2.23. The fraction of sp³-hybridized carbons (Fsp3) is 0.462. The molecule has 1 fully saturated rings. The number of hydrogen-bond donors (Lipinski definition) is 1. The topological polar surface area (TPSA) is 53.9 Å². The molecule has 1 atom stereocenters. The first-order valence-corrected chi connectivity index (χ1v) is 7.36.